The Bertz CT molecular complexity index is 468. The van der Waals surface area contributed by atoms with Gasteiger partial charge in [0.15, 0.2) is 0 Å². The van der Waals surface area contributed by atoms with Gasteiger partial charge in [-0.1, -0.05) is 32.6 Å². The molecular formula is C21H36N2O3. The van der Waals surface area contributed by atoms with Gasteiger partial charge in [-0.3, -0.25) is 14.6 Å². The normalized spacial score (nSPS) is 20.5. The van der Waals surface area contributed by atoms with Crippen LogP contribution >= 0.6 is 0 Å². The van der Waals surface area contributed by atoms with Crippen LogP contribution in [0, 0.1) is 5.92 Å². The summed E-state index contributed by atoms with van der Waals surface area (Å²) < 4.78 is 5.25. The summed E-state index contributed by atoms with van der Waals surface area (Å²) in [4.78, 5) is 30.6. The topological polar surface area (TPSA) is 59.0 Å². The maximum atomic E-state index is 12.1. The summed E-state index contributed by atoms with van der Waals surface area (Å²) in [6, 6.07) is 0. The van der Waals surface area contributed by atoms with Crippen molar-refractivity contribution in [2.24, 2.45) is 10.9 Å². The van der Waals surface area contributed by atoms with E-state index in [0.717, 1.165) is 45.2 Å². The molecule has 1 aliphatic carbocycles. The highest BCUT2D eigenvalue weighted by atomic mass is 16.5. The Labute approximate surface area is 158 Å². The zero-order valence-corrected chi connectivity index (χ0v) is 16.5. The van der Waals surface area contributed by atoms with Crippen molar-refractivity contribution in [3.8, 4) is 0 Å². The molecule has 1 heterocycles. The van der Waals surface area contributed by atoms with Crippen LogP contribution in [-0.4, -0.2) is 48.7 Å². The number of rotatable bonds is 11. The minimum atomic E-state index is -0.259. The van der Waals surface area contributed by atoms with E-state index in [9.17, 15) is 9.59 Å². The second-order valence-electron chi connectivity index (χ2n) is 7.68. The van der Waals surface area contributed by atoms with Crippen LogP contribution in [0.1, 0.15) is 84.0 Å². The van der Waals surface area contributed by atoms with Gasteiger partial charge in [0.1, 0.15) is 0 Å². The Morgan fingerprint density at radius 2 is 1.88 bits per heavy atom. The third kappa shape index (κ3) is 7.46. The largest absolute Gasteiger partial charge is 0.465 e. The molecule has 5 nitrogen and oxygen atoms in total. The maximum Gasteiger partial charge on any atom is 0.311 e. The standard InChI is InChI=1S/C21H36N2O3/c1-2-3-15-26-21(25)18-16-20(24)23(17-18)14-10-5-4-9-13-22-19-11-7-6-8-12-19/h18H,2-17H2,1H3. The van der Waals surface area contributed by atoms with E-state index in [1.807, 2.05) is 4.90 Å². The molecular weight excluding hydrogens is 328 g/mol. The SMILES string of the molecule is CCCCOC(=O)C1CC(=O)N(CCCCCCN=C2CCCCC2)C1. The number of hydrogen-bond donors (Lipinski definition) is 0. The number of nitrogens with zero attached hydrogens (tertiary/aromatic N) is 2. The summed E-state index contributed by atoms with van der Waals surface area (Å²) in [6.07, 6.45) is 13.1. The molecule has 2 rings (SSSR count). The van der Waals surface area contributed by atoms with Gasteiger partial charge in [-0.05, 0) is 44.9 Å². The fourth-order valence-corrected chi connectivity index (χ4v) is 3.70. The molecule has 1 saturated heterocycles. The molecule has 1 atom stereocenters. The maximum absolute atomic E-state index is 12.1. The van der Waals surface area contributed by atoms with Gasteiger partial charge in [-0.25, -0.2) is 0 Å². The molecule has 1 saturated carbocycles. The molecule has 5 heteroatoms. The molecule has 0 bridgehead atoms. The highest BCUT2D eigenvalue weighted by molar-refractivity contribution is 5.86. The lowest BCUT2D eigenvalue weighted by molar-refractivity contribution is -0.148. The average Bonchev–Trinajstić information content (AvgIpc) is 3.03. The van der Waals surface area contributed by atoms with Crippen molar-refractivity contribution in [2.45, 2.75) is 84.0 Å². The Kier molecular flexibility index (Phi) is 9.72. The smallest absolute Gasteiger partial charge is 0.311 e. The molecule has 0 aromatic carbocycles. The van der Waals surface area contributed by atoms with Gasteiger partial charge in [0.2, 0.25) is 5.91 Å². The predicted molar refractivity (Wildman–Crippen MR) is 104 cm³/mol. The first-order chi connectivity index (χ1) is 12.7. The lowest BCUT2D eigenvalue weighted by Gasteiger charge is -2.16. The van der Waals surface area contributed by atoms with Crippen LogP contribution in [0.25, 0.3) is 0 Å². The number of hydrogen-bond acceptors (Lipinski definition) is 4. The van der Waals surface area contributed by atoms with E-state index in [1.165, 1.54) is 44.2 Å². The van der Waals surface area contributed by atoms with Crippen LogP contribution in [0.15, 0.2) is 4.99 Å². The van der Waals surface area contributed by atoms with Crippen LogP contribution in [0.3, 0.4) is 0 Å². The molecule has 148 valence electrons. The number of carbonyl (C=O) groups is 2. The van der Waals surface area contributed by atoms with E-state index in [0.29, 0.717) is 19.6 Å². The second-order valence-corrected chi connectivity index (χ2v) is 7.68. The molecule has 2 aliphatic rings. The van der Waals surface area contributed by atoms with Crippen molar-refractivity contribution >= 4 is 17.6 Å². The Morgan fingerprint density at radius 1 is 1.12 bits per heavy atom. The zero-order valence-electron chi connectivity index (χ0n) is 16.5. The van der Waals surface area contributed by atoms with Gasteiger partial charge in [-0.2, -0.15) is 0 Å². The third-order valence-electron chi connectivity index (χ3n) is 5.39. The fraction of sp³-hybridized carbons (Fsp3) is 0.857. The Hall–Kier alpha value is -1.39. The minimum Gasteiger partial charge on any atom is -0.465 e. The zero-order chi connectivity index (χ0) is 18.6. The average molecular weight is 365 g/mol. The van der Waals surface area contributed by atoms with Crippen molar-refractivity contribution in [1.29, 1.82) is 0 Å². The molecule has 1 unspecified atom stereocenters. The highest BCUT2D eigenvalue weighted by Crippen LogP contribution is 2.20. The second kappa shape index (κ2) is 12.1. The van der Waals surface area contributed by atoms with Gasteiger partial charge < -0.3 is 9.64 Å². The minimum absolute atomic E-state index is 0.103. The molecule has 26 heavy (non-hydrogen) atoms. The summed E-state index contributed by atoms with van der Waals surface area (Å²) in [5, 5.41) is 0. The highest BCUT2D eigenvalue weighted by Gasteiger charge is 2.34. The lowest BCUT2D eigenvalue weighted by Crippen LogP contribution is -2.27. The number of esters is 1. The molecule has 0 aromatic rings. The van der Waals surface area contributed by atoms with E-state index in [4.69, 9.17) is 9.73 Å². The van der Waals surface area contributed by atoms with E-state index < -0.39 is 0 Å². The summed E-state index contributed by atoms with van der Waals surface area (Å²) >= 11 is 0. The van der Waals surface area contributed by atoms with Crippen molar-refractivity contribution in [1.82, 2.24) is 4.90 Å². The predicted octanol–water partition coefficient (Wildman–Crippen LogP) is 4.14. The fourth-order valence-electron chi connectivity index (χ4n) is 3.70. The summed E-state index contributed by atoms with van der Waals surface area (Å²) in [5.41, 5.74) is 1.43. The molecule has 0 aromatic heterocycles. The quantitative estimate of drug-likeness (QED) is 0.409. The van der Waals surface area contributed by atoms with Crippen LogP contribution in [-0.2, 0) is 14.3 Å². The Balaban J connectivity index is 1.52. The van der Waals surface area contributed by atoms with Gasteiger partial charge in [0.25, 0.3) is 0 Å². The van der Waals surface area contributed by atoms with E-state index in [2.05, 4.69) is 6.92 Å². The van der Waals surface area contributed by atoms with Gasteiger partial charge in [0.05, 0.1) is 12.5 Å². The molecule has 1 aliphatic heterocycles. The third-order valence-corrected chi connectivity index (χ3v) is 5.39. The number of ether oxygens (including phenoxy) is 1. The first kappa shape index (κ1) is 20.9. The monoisotopic (exact) mass is 364 g/mol. The van der Waals surface area contributed by atoms with Crippen LogP contribution in [0.4, 0.5) is 0 Å². The van der Waals surface area contributed by atoms with E-state index in [1.54, 1.807) is 0 Å². The summed E-state index contributed by atoms with van der Waals surface area (Å²) in [7, 11) is 0. The molecule has 0 radical (unpaired) electrons. The number of carbonyl (C=O) groups excluding carboxylic acids is 2. The lowest BCUT2D eigenvalue weighted by atomic mass is 9.98. The first-order valence-corrected chi connectivity index (χ1v) is 10.7. The van der Waals surface area contributed by atoms with Crippen LogP contribution < -0.4 is 0 Å². The van der Waals surface area contributed by atoms with Crippen LogP contribution in [0.2, 0.25) is 0 Å². The van der Waals surface area contributed by atoms with Gasteiger partial charge >= 0.3 is 5.97 Å². The van der Waals surface area contributed by atoms with Crippen molar-refractivity contribution < 1.29 is 14.3 Å². The summed E-state index contributed by atoms with van der Waals surface area (Å²) in [5.74, 6) is -0.354. The number of aliphatic imine (C=N–C) groups is 1. The van der Waals surface area contributed by atoms with Gasteiger partial charge in [-0.15, -0.1) is 0 Å². The molecule has 0 spiro atoms. The van der Waals surface area contributed by atoms with Crippen LogP contribution in [0.5, 0.6) is 0 Å². The van der Waals surface area contributed by atoms with Crippen molar-refractivity contribution in [3.63, 3.8) is 0 Å². The molecule has 1 amide bonds. The Morgan fingerprint density at radius 3 is 2.65 bits per heavy atom. The van der Waals surface area contributed by atoms with Gasteiger partial charge in [0, 0.05) is 31.8 Å². The van der Waals surface area contributed by atoms with E-state index >= 15 is 0 Å². The summed E-state index contributed by atoms with van der Waals surface area (Å²) in [6.45, 7) is 4.81. The van der Waals surface area contributed by atoms with Crippen molar-refractivity contribution in [2.75, 3.05) is 26.2 Å². The first-order valence-electron chi connectivity index (χ1n) is 10.7. The molecule has 2 fully saturated rings. The number of unbranched alkanes of at least 4 members (excludes halogenated alkanes) is 4. The number of amides is 1. The molecule has 0 N–H and O–H groups in total. The van der Waals surface area contributed by atoms with E-state index in [-0.39, 0.29) is 17.8 Å². The number of likely N-dealkylation sites (tertiary alicyclic amines) is 1. The van der Waals surface area contributed by atoms with Crippen molar-refractivity contribution in [3.05, 3.63) is 0 Å².